The molecule has 1 aliphatic heterocycles. The Morgan fingerprint density at radius 1 is 1.47 bits per heavy atom. The molecule has 98 valence electrons. The largest absolute Gasteiger partial charge is 0.352 e. The second-order valence-corrected chi connectivity index (χ2v) is 5.57. The average molecular weight is 239 g/mol. The van der Waals surface area contributed by atoms with Crippen molar-refractivity contribution >= 4 is 5.91 Å². The summed E-state index contributed by atoms with van der Waals surface area (Å²) in [6.45, 7) is 6.12. The summed E-state index contributed by atoms with van der Waals surface area (Å²) in [6.07, 6.45) is 4.43. The Hall–Kier alpha value is -0.610. The van der Waals surface area contributed by atoms with Gasteiger partial charge in [0, 0.05) is 25.2 Å². The molecule has 3 atom stereocenters. The highest BCUT2D eigenvalue weighted by Gasteiger charge is 2.32. The first-order chi connectivity index (χ1) is 8.11. The summed E-state index contributed by atoms with van der Waals surface area (Å²) in [7, 11) is 0. The monoisotopic (exact) mass is 239 g/mol. The van der Waals surface area contributed by atoms with Crippen LogP contribution in [0.4, 0.5) is 0 Å². The van der Waals surface area contributed by atoms with Crippen LogP contribution in [-0.2, 0) is 4.79 Å². The zero-order valence-electron chi connectivity index (χ0n) is 11.0. The van der Waals surface area contributed by atoms with Crippen LogP contribution in [0, 0.1) is 5.92 Å². The molecule has 3 unspecified atom stereocenters. The van der Waals surface area contributed by atoms with Crippen molar-refractivity contribution in [3.05, 3.63) is 0 Å². The van der Waals surface area contributed by atoms with Gasteiger partial charge in [0.05, 0.1) is 6.04 Å². The number of amides is 1. The minimum Gasteiger partial charge on any atom is -0.352 e. The number of nitrogens with two attached hydrogens (primary N) is 1. The molecule has 1 amide bonds. The molecule has 0 aromatic rings. The van der Waals surface area contributed by atoms with Crippen molar-refractivity contribution in [2.24, 2.45) is 11.7 Å². The van der Waals surface area contributed by atoms with Gasteiger partial charge in [-0.1, -0.05) is 13.3 Å². The predicted octanol–water partition coefficient (Wildman–Crippen LogP) is 0.713. The summed E-state index contributed by atoms with van der Waals surface area (Å²) in [5.74, 6) is 0.734. The van der Waals surface area contributed by atoms with Gasteiger partial charge in [0.2, 0.25) is 5.91 Å². The number of nitrogens with zero attached hydrogens (tertiary/aromatic N) is 1. The number of rotatable bonds is 4. The summed E-state index contributed by atoms with van der Waals surface area (Å²) in [4.78, 5) is 14.3. The van der Waals surface area contributed by atoms with E-state index < -0.39 is 0 Å². The quantitative estimate of drug-likeness (QED) is 0.760. The van der Waals surface area contributed by atoms with Crippen molar-refractivity contribution in [3.8, 4) is 0 Å². The van der Waals surface area contributed by atoms with E-state index in [0.717, 1.165) is 38.8 Å². The molecule has 4 heteroatoms. The minimum atomic E-state index is -0.00264. The maximum Gasteiger partial charge on any atom is 0.237 e. The first-order valence-corrected chi connectivity index (χ1v) is 6.91. The topological polar surface area (TPSA) is 58.4 Å². The van der Waals surface area contributed by atoms with Gasteiger partial charge in [-0.3, -0.25) is 9.69 Å². The normalized spacial score (nSPS) is 32.2. The standard InChI is InChI=1S/C13H25N3O/c1-3-10-8-16(7-6-12(10)14)9(2)13(17)15-11-4-5-11/h9-12H,3-8,14H2,1-2H3,(H,15,17). The Kier molecular flexibility index (Phi) is 4.05. The van der Waals surface area contributed by atoms with Crippen LogP contribution >= 0.6 is 0 Å². The van der Waals surface area contributed by atoms with Crippen molar-refractivity contribution < 1.29 is 4.79 Å². The van der Waals surface area contributed by atoms with E-state index in [0.29, 0.717) is 18.0 Å². The molecule has 2 aliphatic rings. The van der Waals surface area contributed by atoms with Crippen molar-refractivity contribution in [2.75, 3.05) is 13.1 Å². The number of carbonyl (C=O) groups excluding carboxylic acids is 1. The lowest BCUT2D eigenvalue weighted by Crippen LogP contribution is -2.54. The van der Waals surface area contributed by atoms with Gasteiger partial charge in [-0.15, -0.1) is 0 Å². The fourth-order valence-corrected chi connectivity index (χ4v) is 2.58. The lowest BCUT2D eigenvalue weighted by atomic mass is 9.90. The third-order valence-corrected chi connectivity index (χ3v) is 4.20. The molecule has 2 rings (SSSR count). The minimum absolute atomic E-state index is 0.00264. The van der Waals surface area contributed by atoms with Gasteiger partial charge < -0.3 is 11.1 Å². The van der Waals surface area contributed by atoms with E-state index in [9.17, 15) is 4.79 Å². The summed E-state index contributed by atoms with van der Waals surface area (Å²) in [5, 5.41) is 3.08. The zero-order valence-corrected chi connectivity index (χ0v) is 11.0. The highest BCUT2D eigenvalue weighted by Crippen LogP contribution is 2.22. The molecule has 17 heavy (non-hydrogen) atoms. The molecular formula is C13H25N3O. The smallest absolute Gasteiger partial charge is 0.237 e. The number of nitrogens with one attached hydrogen (secondary N) is 1. The third-order valence-electron chi connectivity index (χ3n) is 4.20. The van der Waals surface area contributed by atoms with E-state index in [1.54, 1.807) is 0 Å². The van der Waals surface area contributed by atoms with E-state index in [-0.39, 0.29) is 11.9 Å². The second-order valence-electron chi connectivity index (χ2n) is 5.57. The van der Waals surface area contributed by atoms with Gasteiger partial charge >= 0.3 is 0 Å². The molecule has 0 bridgehead atoms. The fraction of sp³-hybridized carbons (Fsp3) is 0.923. The second kappa shape index (κ2) is 5.36. The van der Waals surface area contributed by atoms with Crippen molar-refractivity contribution in [1.29, 1.82) is 0 Å². The Morgan fingerprint density at radius 3 is 2.76 bits per heavy atom. The SMILES string of the molecule is CCC1CN(C(C)C(=O)NC2CC2)CCC1N. The van der Waals surface area contributed by atoms with Crippen LogP contribution in [0.2, 0.25) is 0 Å². The Balaban J connectivity index is 1.85. The van der Waals surface area contributed by atoms with Gasteiger partial charge in [-0.25, -0.2) is 0 Å². The van der Waals surface area contributed by atoms with E-state index in [1.807, 2.05) is 6.92 Å². The number of carbonyl (C=O) groups is 1. The molecule has 0 spiro atoms. The number of likely N-dealkylation sites (tertiary alicyclic amines) is 1. The van der Waals surface area contributed by atoms with Crippen molar-refractivity contribution in [2.45, 2.75) is 57.7 Å². The lowest BCUT2D eigenvalue weighted by molar-refractivity contribution is -0.126. The van der Waals surface area contributed by atoms with Gasteiger partial charge in [0.25, 0.3) is 0 Å². The zero-order chi connectivity index (χ0) is 12.4. The van der Waals surface area contributed by atoms with Crippen molar-refractivity contribution in [3.63, 3.8) is 0 Å². The maximum absolute atomic E-state index is 12.0. The molecule has 3 N–H and O–H groups in total. The van der Waals surface area contributed by atoms with Gasteiger partial charge in [0.1, 0.15) is 0 Å². The van der Waals surface area contributed by atoms with Crippen LogP contribution < -0.4 is 11.1 Å². The van der Waals surface area contributed by atoms with Gasteiger partial charge in [-0.05, 0) is 32.1 Å². The first kappa shape index (κ1) is 12.8. The highest BCUT2D eigenvalue weighted by molar-refractivity contribution is 5.81. The number of hydrogen-bond acceptors (Lipinski definition) is 3. The van der Waals surface area contributed by atoms with Crippen LogP contribution in [0.3, 0.4) is 0 Å². The first-order valence-electron chi connectivity index (χ1n) is 6.91. The van der Waals surface area contributed by atoms with Crippen LogP contribution in [0.1, 0.15) is 39.5 Å². The third kappa shape index (κ3) is 3.19. The average Bonchev–Trinajstić information content (AvgIpc) is 3.12. The lowest BCUT2D eigenvalue weighted by Gasteiger charge is -2.39. The molecule has 0 aromatic carbocycles. The number of piperidine rings is 1. The summed E-state index contributed by atoms with van der Waals surface area (Å²) in [5.41, 5.74) is 6.09. The van der Waals surface area contributed by atoms with E-state index in [4.69, 9.17) is 5.73 Å². The molecule has 1 saturated carbocycles. The molecule has 1 saturated heterocycles. The summed E-state index contributed by atoms with van der Waals surface area (Å²) in [6, 6.07) is 0.770. The molecule has 0 aromatic heterocycles. The summed E-state index contributed by atoms with van der Waals surface area (Å²) >= 11 is 0. The van der Waals surface area contributed by atoms with E-state index in [2.05, 4.69) is 17.1 Å². The van der Waals surface area contributed by atoms with E-state index in [1.165, 1.54) is 0 Å². The maximum atomic E-state index is 12.0. The van der Waals surface area contributed by atoms with Crippen LogP contribution in [-0.4, -0.2) is 42.0 Å². The van der Waals surface area contributed by atoms with Crippen LogP contribution in [0.15, 0.2) is 0 Å². The van der Waals surface area contributed by atoms with Crippen LogP contribution in [0.25, 0.3) is 0 Å². The summed E-state index contributed by atoms with van der Waals surface area (Å²) < 4.78 is 0. The Bertz CT molecular complexity index is 278. The fourth-order valence-electron chi connectivity index (χ4n) is 2.58. The van der Waals surface area contributed by atoms with Crippen LogP contribution in [0.5, 0.6) is 0 Å². The van der Waals surface area contributed by atoms with E-state index >= 15 is 0 Å². The molecule has 1 heterocycles. The van der Waals surface area contributed by atoms with Gasteiger partial charge in [0.15, 0.2) is 0 Å². The molecule has 1 aliphatic carbocycles. The molecule has 4 nitrogen and oxygen atoms in total. The number of hydrogen-bond donors (Lipinski definition) is 2. The molecular weight excluding hydrogens is 214 g/mol. The Morgan fingerprint density at radius 2 is 2.18 bits per heavy atom. The molecule has 2 fully saturated rings. The molecule has 0 radical (unpaired) electrons. The van der Waals surface area contributed by atoms with Crippen molar-refractivity contribution in [1.82, 2.24) is 10.2 Å². The highest BCUT2D eigenvalue weighted by atomic mass is 16.2. The van der Waals surface area contributed by atoms with Gasteiger partial charge in [-0.2, -0.15) is 0 Å². The predicted molar refractivity (Wildman–Crippen MR) is 68.6 cm³/mol. The Labute approximate surface area is 104 Å².